The highest BCUT2D eigenvalue weighted by Gasteiger charge is 2.25. The lowest BCUT2D eigenvalue weighted by Crippen LogP contribution is -2.31. The van der Waals surface area contributed by atoms with E-state index in [9.17, 15) is 13.2 Å². The van der Waals surface area contributed by atoms with Gasteiger partial charge in [-0.05, 0) is 36.1 Å². The van der Waals surface area contributed by atoms with Crippen LogP contribution in [0.15, 0.2) is 40.6 Å². The Morgan fingerprint density at radius 1 is 1.16 bits per heavy atom. The molecule has 25 heavy (non-hydrogen) atoms. The van der Waals surface area contributed by atoms with Crippen LogP contribution in [0.3, 0.4) is 0 Å². The second-order valence-corrected chi connectivity index (χ2v) is 8.75. The van der Waals surface area contributed by atoms with Crippen LogP contribution in [-0.4, -0.2) is 43.7 Å². The van der Waals surface area contributed by atoms with Crippen LogP contribution in [0.5, 0.6) is 0 Å². The number of aryl methyl sites for hydroxylation is 1. The SMILES string of the molecule is CCN(CC)S(=O)(=O)c1cc(C(=O)N(C)Cc2cccs2)ccc1C. The van der Waals surface area contributed by atoms with Gasteiger partial charge in [0.05, 0.1) is 11.4 Å². The van der Waals surface area contributed by atoms with Gasteiger partial charge in [0.2, 0.25) is 10.0 Å². The van der Waals surface area contributed by atoms with Gasteiger partial charge in [-0.1, -0.05) is 26.0 Å². The molecule has 1 amide bonds. The number of nitrogens with zero attached hydrogens (tertiary/aromatic N) is 2. The number of benzene rings is 1. The third-order valence-corrected chi connectivity index (χ3v) is 7.13. The molecule has 0 aliphatic rings. The Morgan fingerprint density at radius 2 is 1.84 bits per heavy atom. The third-order valence-electron chi connectivity index (χ3n) is 4.08. The maximum absolute atomic E-state index is 12.8. The number of thiophene rings is 1. The Hall–Kier alpha value is -1.70. The van der Waals surface area contributed by atoms with Gasteiger partial charge in [0, 0.05) is 30.6 Å². The molecule has 0 aliphatic heterocycles. The standard InChI is InChI=1S/C18H24N2O3S2/c1-5-20(6-2)25(22,23)17-12-15(10-9-14(17)3)18(21)19(4)13-16-8-7-11-24-16/h7-12H,5-6,13H2,1-4H3. The molecule has 7 heteroatoms. The van der Waals surface area contributed by atoms with Crippen molar-refractivity contribution in [1.29, 1.82) is 0 Å². The molecule has 0 fully saturated rings. The average molecular weight is 381 g/mol. The van der Waals surface area contributed by atoms with E-state index in [4.69, 9.17) is 0 Å². The summed E-state index contributed by atoms with van der Waals surface area (Å²) in [6, 6.07) is 8.79. The van der Waals surface area contributed by atoms with Gasteiger partial charge >= 0.3 is 0 Å². The lowest BCUT2D eigenvalue weighted by atomic mass is 10.1. The number of rotatable bonds is 7. The molecule has 1 aromatic heterocycles. The minimum absolute atomic E-state index is 0.190. The first-order valence-corrected chi connectivity index (χ1v) is 10.5. The molecule has 0 saturated carbocycles. The summed E-state index contributed by atoms with van der Waals surface area (Å²) in [5.74, 6) is -0.190. The Labute approximate surface area is 153 Å². The highest BCUT2D eigenvalue weighted by Crippen LogP contribution is 2.22. The largest absolute Gasteiger partial charge is 0.337 e. The summed E-state index contributed by atoms with van der Waals surface area (Å²) in [6.07, 6.45) is 0. The van der Waals surface area contributed by atoms with Crippen molar-refractivity contribution in [2.24, 2.45) is 0 Å². The Kier molecular flexibility index (Phi) is 6.37. The summed E-state index contributed by atoms with van der Waals surface area (Å²) < 4.78 is 27.0. The summed E-state index contributed by atoms with van der Waals surface area (Å²) >= 11 is 1.59. The minimum atomic E-state index is -3.60. The van der Waals surface area contributed by atoms with Gasteiger partial charge in [-0.3, -0.25) is 4.79 Å². The van der Waals surface area contributed by atoms with Crippen molar-refractivity contribution in [3.8, 4) is 0 Å². The van der Waals surface area contributed by atoms with Gasteiger partial charge in [0.25, 0.3) is 5.91 Å². The molecule has 0 spiro atoms. The van der Waals surface area contributed by atoms with Crippen LogP contribution in [0.2, 0.25) is 0 Å². The maximum Gasteiger partial charge on any atom is 0.253 e. The molecule has 0 saturated heterocycles. The topological polar surface area (TPSA) is 57.7 Å². The zero-order valence-corrected chi connectivity index (χ0v) is 16.7. The highest BCUT2D eigenvalue weighted by molar-refractivity contribution is 7.89. The number of hydrogen-bond donors (Lipinski definition) is 0. The van der Waals surface area contributed by atoms with Crippen molar-refractivity contribution in [2.75, 3.05) is 20.1 Å². The van der Waals surface area contributed by atoms with Crippen LogP contribution in [0.25, 0.3) is 0 Å². The normalized spacial score (nSPS) is 11.7. The van der Waals surface area contributed by atoms with Crippen LogP contribution in [0.1, 0.15) is 34.6 Å². The fourth-order valence-corrected chi connectivity index (χ4v) is 5.11. The van der Waals surface area contributed by atoms with E-state index in [0.717, 1.165) is 4.88 Å². The van der Waals surface area contributed by atoms with Crippen molar-refractivity contribution < 1.29 is 13.2 Å². The molecule has 1 heterocycles. The van der Waals surface area contributed by atoms with Gasteiger partial charge in [0.1, 0.15) is 0 Å². The first-order chi connectivity index (χ1) is 11.8. The number of carbonyl (C=O) groups excluding carboxylic acids is 1. The first-order valence-electron chi connectivity index (χ1n) is 8.19. The van der Waals surface area contributed by atoms with Gasteiger partial charge in [-0.15, -0.1) is 11.3 Å². The summed E-state index contributed by atoms with van der Waals surface area (Å²) in [7, 11) is -1.88. The molecule has 0 N–H and O–H groups in total. The Morgan fingerprint density at radius 3 is 2.40 bits per heavy atom. The van der Waals surface area contributed by atoms with Gasteiger partial charge in [0.15, 0.2) is 0 Å². The van der Waals surface area contributed by atoms with Crippen molar-refractivity contribution in [3.63, 3.8) is 0 Å². The van der Waals surface area contributed by atoms with Gasteiger partial charge in [-0.2, -0.15) is 4.31 Å². The summed E-state index contributed by atoms with van der Waals surface area (Å²) in [6.45, 7) is 6.66. The van der Waals surface area contributed by atoms with Crippen molar-refractivity contribution in [2.45, 2.75) is 32.2 Å². The predicted octanol–water partition coefficient (Wildman–Crippen LogP) is 3.36. The van der Waals surface area contributed by atoms with Crippen LogP contribution < -0.4 is 0 Å². The molecule has 0 bridgehead atoms. The van der Waals surface area contributed by atoms with Gasteiger partial charge in [-0.25, -0.2) is 8.42 Å². The number of amides is 1. The quantitative estimate of drug-likeness (QED) is 0.740. The zero-order chi connectivity index (χ0) is 18.6. The van der Waals surface area contributed by atoms with Crippen LogP contribution in [-0.2, 0) is 16.6 Å². The smallest absolute Gasteiger partial charge is 0.253 e. The van der Waals surface area contributed by atoms with E-state index < -0.39 is 10.0 Å². The molecule has 5 nitrogen and oxygen atoms in total. The molecule has 2 rings (SSSR count). The molecule has 0 radical (unpaired) electrons. The summed E-state index contributed by atoms with van der Waals surface area (Å²) in [5.41, 5.74) is 1.03. The van der Waals surface area contributed by atoms with E-state index >= 15 is 0 Å². The first kappa shape index (κ1) is 19.6. The molecule has 0 atom stereocenters. The van der Waals surface area contributed by atoms with E-state index in [2.05, 4.69) is 0 Å². The molecule has 0 aliphatic carbocycles. The average Bonchev–Trinajstić information content (AvgIpc) is 3.08. The fraction of sp³-hybridized carbons (Fsp3) is 0.389. The molecular formula is C18H24N2O3S2. The fourth-order valence-electron chi connectivity index (χ4n) is 2.64. The molecule has 1 aromatic carbocycles. The van der Waals surface area contributed by atoms with Crippen LogP contribution >= 0.6 is 11.3 Å². The molecular weight excluding hydrogens is 356 g/mol. The minimum Gasteiger partial charge on any atom is -0.337 e. The zero-order valence-electron chi connectivity index (χ0n) is 15.0. The van der Waals surface area contributed by atoms with E-state index in [1.165, 1.54) is 10.4 Å². The van der Waals surface area contributed by atoms with E-state index in [1.807, 2.05) is 17.5 Å². The number of hydrogen-bond acceptors (Lipinski definition) is 4. The lowest BCUT2D eigenvalue weighted by molar-refractivity contribution is 0.0786. The van der Waals surface area contributed by atoms with Gasteiger partial charge < -0.3 is 4.90 Å². The van der Waals surface area contributed by atoms with E-state index in [1.54, 1.807) is 56.2 Å². The maximum atomic E-state index is 12.8. The van der Waals surface area contributed by atoms with E-state index in [-0.39, 0.29) is 10.8 Å². The Bertz CT molecular complexity index is 826. The number of sulfonamides is 1. The monoisotopic (exact) mass is 380 g/mol. The Balaban J connectivity index is 2.33. The molecule has 2 aromatic rings. The van der Waals surface area contributed by atoms with Crippen molar-refractivity contribution in [3.05, 3.63) is 51.7 Å². The predicted molar refractivity (Wildman–Crippen MR) is 101 cm³/mol. The lowest BCUT2D eigenvalue weighted by Gasteiger charge is -2.21. The number of carbonyl (C=O) groups is 1. The second kappa shape index (κ2) is 8.12. The molecule has 136 valence electrons. The second-order valence-electron chi connectivity index (χ2n) is 5.81. The van der Waals surface area contributed by atoms with E-state index in [0.29, 0.717) is 30.8 Å². The van der Waals surface area contributed by atoms with Crippen LogP contribution in [0, 0.1) is 6.92 Å². The summed E-state index contributed by atoms with van der Waals surface area (Å²) in [4.78, 5) is 15.6. The van der Waals surface area contributed by atoms with Crippen LogP contribution in [0.4, 0.5) is 0 Å². The molecule has 0 unspecified atom stereocenters. The summed E-state index contributed by atoms with van der Waals surface area (Å²) in [5, 5.41) is 1.97. The van der Waals surface area contributed by atoms with Crippen molar-refractivity contribution >= 4 is 27.3 Å². The highest BCUT2D eigenvalue weighted by atomic mass is 32.2. The van der Waals surface area contributed by atoms with Crippen molar-refractivity contribution in [1.82, 2.24) is 9.21 Å². The third kappa shape index (κ3) is 4.29.